The van der Waals surface area contributed by atoms with Crippen LogP contribution in [0.25, 0.3) is 0 Å². The highest BCUT2D eigenvalue weighted by Crippen LogP contribution is 2.36. The highest BCUT2D eigenvalue weighted by molar-refractivity contribution is 6.42. The number of aliphatic hydroxyl groups excluding tert-OH is 1. The van der Waals surface area contributed by atoms with E-state index in [2.05, 4.69) is 5.32 Å². The quantitative estimate of drug-likeness (QED) is 0.839. The minimum Gasteiger partial charge on any atom is -0.396 e. The van der Waals surface area contributed by atoms with E-state index in [1.54, 1.807) is 6.07 Å². The predicted octanol–water partition coefficient (Wildman–Crippen LogP) is 2.29. The molecule has 2 N–H and O–H groups in total. The maximum absolute atomic E-state index is 9.24. The average Bonchev–Trinajstić information content (AvgIpc) is 2.70. The van der Waals surface area contributed by atoms with Crippen molar-refractivity contribution in [3.8, 4) is 0 Å². The summed E-state index contributed by atoms with van der Waals surface area (Å²) >= 11 is 12.1. The zero-order valence-corrected chi connectivity index (χ0v) is 9.72. The van der Waals surface area contributed by atoms with Crippen molar-refractivity contribution in [1.29, 1.82) is 0 Å². The van der Waals surface area contributed by atoms with Crippen molar-refractivity contribution < 1.29 is 5.11 Å². The van der Waals surface area contributed by atoms with Crippen molar-refractivity contribution in [3.05, 3.63) is 33.8 Å². The molecule has 0 amide bonds. The van der Waals surface area contributed by atoms with Crippen LogP contribution in [-0.2, 0) is 0 Å². The Balaban J connectivity index is 2.32. The first kappa shape index (κ1) is 11.2. The van der Waals surface area contributed by atoms with Gasteiger partial charge < -0.3 is 10.4 Å². The van der Waals surface area contributed by atoms with Crippen LogP contribution in [0, 0.1) is 5.92 Å². The monoisotopic (exact) mass is 245 g/mol. The van der Waals surface area contributed by atoms with Gasteiger partial charge in [0.2, 0.25) is 0 Å². The first-order chi connectivity index (χ1) is 7.24. The van der Waals surface area contributed by atoms with E-state index < -0.39 is 0 Å². The molecule has 1 aromatic rings. The Labute approximate surface area is 99.2 Å². The number of rotatable bonds is 2. The van der Waals surface area contributed by atoms with Gasteiger partial charge in [-0.2, -0.15) is 0 Å². The number of benzene rings is 1. The molecule has 2 atom stereocenters. The van der Waals surface area contributed by atoms with Gasteiger partial charge in [-0.15, -0.1) is 0 Å². The molecule has 0 aliphatic carbocycles. The van der Waals surface area contributed by atoms with E-state index in [0.717, 1.165) is 18.7 Å². The number of halogens is 2. The maximum atomic E-state index is 9.24. The molecule has 0 unspecified atom stereocenters. The molecular formula is C11H13Cl2NO. The van der Waals surface area contributed by atoms with Crippen LogP contribution >= 0.6 is 23.2 Å². The van der Waals surface area contributed by atoms with Crippen molar-refractivity contribution in [3.63, 3.8) is 0 Å². The summed E-state index contributed by atoms with van der Waals surface area (Å²) in [7, 11) is 0. The van der Waals surface area contributed by atoms with Gasteiger partial charge >= 0.3 is 0 Å². The topological polar surface area (TPSA) is 32.3 Å². The molecule has 0 spiro atoms. The Morgan fingerprint density at radius 1 is 1.33 bits per heavy atom. The molecular weight excluding hydrogens is 233 g/mol. The highest BCUT2D eigenvalue weighted by atomic mass is 35.5. The standard InChI is InChI=1S/C11H13Cl2NO/c12-10-3-1-2-8(11(10)13)9-5-14-4-7(9)6-15/h1-3,7,9,14-15H,4-6H2/t7-,9+/m0/s1. The molecule has 4 heteroatoms. The number of hydrogen-bond donors (Lipinski definition) is 2. The van der Waals surface area contributed by atoms with Crippen LogP contribution in [0.15, 0.2) is 18.2 Å². The fourth-order valence-corrected chi connectivity index (χ4v) is 2.54. The fourth-order valence-electron chi connectivity index (χ4n) is 2.10. The third-order valence-corrected chi connectivity index (χ3v) is 3.79. The van der Waals surface area contributed by atoms with Crippen LogP contribution < -0.4 is 5.32 Å². The lowest BCUT2D eigenvalue weighted by Gasteiger charge is -2.18. The molecule has 1 aliphatic heterocycles. The molecule has 2 nitrogen and oxygen atoms in total. The van der Waals surface area contributed by atoms with Crippen LogP contribution in [0.4, 0.5) is 0 Å². The Bertz CT molecular complexity index is 356. The first-order valence-electron chi connectivity index (χ1n) is 4.99. The summed E-state index contributed by atoms with van der Waals surface area (Å²) in [5.41, 5.74) is 1.04. The molecule has 15 heavy (non-hydrogen) atoms. The lowest BCUT2D eigenvalue weighted by atomic mass is 9.89. The van der Waals surface area contributed by atoms with Crippen molar-refractivity contribution >= 4 is 23.2 Å². The van der Waals surface area contributed by atoms with Crippen molar-refractivity contribution in [2.45, 2.75) is 5.92 Å². The van der Waals surface area contributed by atoms with Gasteiger partial charge in [-0.1, -0.05) is 35.3 Å². The van der Waals surface area contributed by atoms with E-state index >= 15 is 0 Å². The highest BCUT2D eigenvalue weighted by Gasteiger charge is 2.29. The van der Waals surface area contributed by atoms with E-state index in [0.29, 0.717) is 10.0 Å². The first-order valence-corrected chi connectivity index (χ1v) is 5.75. The average molecular weight is 246 g/mol. The largest absolute Gasteiger partial charge is 0.396 e. The van der Waals surface area contributed by atoms with E-state index in [1.165, 1.54) is 0 Å². The van der Waals surface area contributed by atoms with E-state index in [4.69, 9.17) is 23.2 Å². The molecule has 82 valence electrons. The normalized spacial score (nSPS) is 25.8. The molecule has 0 radical (unpaired) electrons. The van der Waals surface area contributed by atoms with E-state index in [9.17, 15) is 5.11 Å². The molecule has 1 heterocycles. The molecule has 2 rings (SSSR count). The number of nitrogens with one attached hydrogen (secondary N) is 1. The van der Waals surface area contributed by atoms with Gasteiger partial charge in [-0.25, -0.2) is 0 Å². The second kappa shape index (κ2) is 4.71. The molecule has 1 fully saturated rings. The molecule has 1 aliphatic rings. The fraction of sp³-hybridized carbons (Fsp3) is 0.455. The van der Waals surface area contributed by atoms with Gasteiger partial charge in [0.15, 0.2) is 0 Å². The molecule has 0 bridgehead atoms. The summed E-state index contributed by atoms with van der Waals surface area (Å²) in [6.45, 7) is 1.87. The SMILES string of the molecule is OC[C@@H]1CNC[C@H]1c1cccc(Cl)c1Cl. The van der Waals surface area contributed by atoms with Crippen molar-refractivity contribution in [2.24, 2.45) is 5.92 Å². The minimum atomic E-state index is 0.181. The Hall–Kier alpha value is -0.280. The van der Waals surface area contributed by atoms with Gasteiger partial charge in [-0.05, 0) is 11.6 Å². The molecule has 1 saturated heterocycles. The second-order valence-electron chi connectivity index (χ2n) is 3.85. The second-order valence-corrected chi connectivity index (χ2v) is 4.64. The molecule has 1 aromatic carbocycles. The summed E-state index contributed by atoms with van der Waals surface area (Å²) in [5, 5.41) is 13.7. The summed E-state index contributed by atoms with van der Waals surface area (Å²) in [6.07, 6.45) is 0. The zero-order chi connectivity index (χ0) is 10.8. The maximum Gasteiger partial charge on any atom is 0.0627 e. The van der Waals surface area contributed by atoms with Gasteiger partial charge in [-0.3, -0.25) is 0 Å². The summed E-state index contributed by atoms with van der Waals surface area (Å²) in [4.78, 5) is 0. The van der Waals surface area contributed by atoms with Crippen LogP contribution in [0.2, 0.25) is 10.0 Å². The Morgan fingerprint density at radius 2 is 2.13 bits per heavy atom. The Kier molecular flexibility index (Phi) is 3.52. The summed E-state index contributed by atoms with van der Waals surface area (Å²) in [6, 6.07) is 5.66. The van der Waals surface area contributed by atoms with E-state index in [1.807, 2.05) is 12.1 Å². The van der Waals surface area contributed by atoms with E-state index in [-0.39, 0.29) is 18.4 Å². The number of hydrogen-bond acceptors (Lipinski definition) is 2. The Morgan fingerprint density at radius 3 is 2.87 bits per heavy atom. The van der Waals surface area contributed by atoms with Gasteiger partial charge in [0, 0.05) is 31.5 Å². The summed E-state index contributed by atoms with van der Waals surface area (Å²) in [5.74, 6) is 0.502. The lowest BCUT2D eigenvalue weighted by molar-refractivity contribution is 0.226. The number of aliphatic hydroxyl groups is 1. The zero-order valence-electron chi connectivity index (χ0n) is 8.21. The molecule has 0 saturated carbocycles. The van der Waals surface area contributed by atoms with Crippen molar-refractivity contribution in [1.82, 2.24) is 5.32 Å². The van der Waals surface area contributed by atoms with Gasteiger partial charge in [0.25, 0.3) is 0 Å². The van der Waals surface area contributed by atoms with Crippen molar-refractivity contribution in [2.75, 3.05) is 19.7 Å². The van der Waals surface area contributed by atoms with Crippen LogP contribution in [-0.4, -0.2) is 24.8 Å². The third kappa shape index (κ3) is 2.13. The lowest BCUT2D eigenvalue weighted by Crippen LogP contribution is -2.15. The molecule has 0 aromatic heterocycles. The summed E-state index contributed by atoms with van der Waals surface area (Å²) < 4.78 is 0. The van der Waals surface area contributed by atoms with Crippen LogP contribution in [0.1, 0.15) is 11.5 Å². The third-order valence-electron chi connectivity index (χ3n) is 2.96. The predicted molar refractivity (Wildman–Crippen MR) is 62.6 cm³/mol. The van der Waals surface area contributed by atoms with Gasteiger partial charge in [0.1, 0.15) is 0 Å². The van der Waals surface area contributed by atoms with Crippen LogP contribution in [0.3, 0.4) is 0 Å². The smallest absolute Gasteiger partial charge is 0.0627 e. The van der Waals surface area contributed by atoms with Gasteiger partial charge in [0.05, 0.1) is 10.0 Å². The minimum absolute atomic E-state index is 0.181. The van der Waals surface area contributed by atoms with Crippen LogP contribution in [0.5, 0.6) is 0 Å².